The van der Waals surface area contributed by atoms with Gasteiger partial charge in [0, 0.05) is 0 Å². The Morgan fingerprint density at radius 3 is 2.58 bits per heavy atom. The lowest BCUT2D eigenvalue weighted by atomic mass is 10.0. The van der Waals surface area contributed by atoms with Crippen LogP contribution in [0.4, 0.5) is 11.4 Å². The number of hydrogen-bond donors (Lipinski definition) is 2. The Kier molecular flexibility index (Phi) is 5.97. The van der Waals surface area contributed by atoms with Crippen molar-refractivity contribution in [3.8, 4) is 5.75 Å². The van der Waals surface area contributed by atoms with Crippen molar-refractivity contribution in [1.29, 1.82) is 0 Å². The molecular formula is C18H20Cl2N2O2. The Morgan fingerprint density at radius 1 is 1.21 bits per heavy atom. The number of amides is 1. The molecule has 0 heterocycles. The summed E-state index contributed by atoms with van der Waals surface area (Å²) in [4.78, 5) is 12.1. The smallest absolute Gasteiger partial charge is 0.262 e. The Balaban J connectivity index is 2.07. The Labute approximate surface area is 151 Å². The van der Waals surface area contributed by atoms with E-state index in [0.717, 1.165) is 11.1 Å². The molecule has 0 fully saturated rings. The largest absolute Gasteiger partial charge is 0.483 e. The van der Waals surface area contributed by atoms with Gasteiger partial charge in [-0.3, -0.25) is 4.79 Å². The topological polar surface area (TPSA) is 64.3 Å². The second-order valence-corrected chi connectivity index (χ2v) is 6.70. The third-order valence-electron chi connectivity index (χ3n) is 3.51. The standard InChI is InChI=1S/C18H20Cl2N2O2/c1-10(2)12-5-4-11(3)6-17(12)24-9-18(23)22-16-8-13(19)15(21)7-14(16)20/h4-8,10H,9,21H2,1-3H3,(H,22,23). The number of nitrogen functional groups attached to an aromatic ring is 1. The molecule has 3 N–H and O–H groups in total. The first-order valence-corrected chi connectivity index (χ1v) is 8.31. The van der Waals surface area contributed by atoms with E-state index in [4.69, 9.17) is 33.7 Å². The van der Waals surface area contributed by atoms with Crippen LogP contribution in [0, 0.1) is 6.92 Å². The van der Waals surface area contributed by atoms with Crippen molar-refractivity contribution in [3.63, 3.8) is 0 Å². The molecule has 0 atom stereocenters. The number of nitrogens with one attached hydrogen (secondary N) is 1. The van der Waals surface area contributed by atoms with E-state index in [2.05, 4.69) is 19.2 Å². The average molecular weight is 367 g/mol. The molecule has 4 nitrogen and oxygen atoms in total. The van der Waals surface area contributed by atoms with E-state index in [0.29, 0.717) is 33.1 Å². The quantitative estimate of drug-likeness (QED) is 0.729. The molecule has 0 aliphatic heterocycles. The molecule has 0 aromatic heterocycles. The van der Waals surface area contributed by atoms with Gasteiger partial charge >= 0.3 is 0 Å². The van der Waals surface area contributed by atoms with Gasteiger partial charge in [-0.05, 0) is 42.2 Å². The summed E-state index contributed by atoms with van der Waals surface area (Å²) in [6.45, 7) is 6.01. The van der Waals surface area contributed by atoms with Gasteiger partial charge in [0.2, 0.25) is 0 Å². The lowest BCUT2D eigenvalue weighted by Gasteiger charge is -2.15. The van der Waals surface area contributed by atoms with E-state index in [-0.39, 0.29) is 12.5 Å². The molecular weight excluding hydrogens is 347 g/mol. The van der Waals surface area contributed by atoms with Crippen LogP contribution in [0.25, 0.3) is 0 Å². The van der Waals surface area contributed by atoms with Crippen LogP contribution < -0.4 is 15.8 Å². The number of rotatable bonds is 5. The lowest BCUT2D eigenvalue weighted by Crippen LogP contribution is -2.21. The van der Waals surface area contributed by atoms with E-state index < -0.39 is 0 Å². The Bertz CT molecular complexity index is 761. The SMILES string of the molecule is Cc1ccc(C(C)C)c(OCC(=O)Nc2cc(Cl)c(N)cc2Cl)c1. The van der Waals surface area contributed by atoms with E-state index in [1.807, 2.05) is 25.1 Å². The van der Waals surface area contributed by atoms with Gasteiger partial charge in [-0.2, -0.15) is 0 Å². The van der Waals surface area contributed by atoms with E-state index in [1.54, 1.807) is 0 Å². The summed E-state index contributed by atoms with van der Waals surface area (Å²) in [5, 5.41) is 3.33. The van der Waals surface area contributed by atoms with Crippen molar-refractivity contribution < 1.29 is 9.53 Å². The molecule has 2 aromatic rings. The number of nitrogens with two attached hydrogens (primary N) is 1. The third kappa shape index (κ3) is 4.56. The lowest BCUT2D eigenvalue weighted by molar-refractivity contribution is -0.118. The highest BCUT2D eigenvalue weighted by Crippen LogP contribution is 2.31. The number of ether oxygens (including phenoxy) is 1. The highest BCUT2D eigenvalue weighted by atomic mass is 35.5. The number of halogens is 2. The maximum Gasteiger partial charge on any atom is 0.262 e. The molecule has 0 aliphatic carbocycles. The van der Waals surface area contributed by atoms with Gasteiger partial charge < -0.3 is 15.8 Å². The monoisotopic (exact) mass is 366 g/mol. The molecule has 0 aliphatic rings. The summed E-state index contributed by atoms with van der Waals surface area (Å²) < 4.78 is 5.69. The predicted octanol–water partition coefficient (Wildman–Crippen LogP) is 5.02. The van der Waals surface area contributed by atoms with E-state index >= 15 is 0 Å². The second-order valence-electron chi connectivity index (χ2n) is 5.89. The zero-order chi connectivity index (χ0) is 17.9. The number of hydrogen-bond acceptors (Lipinski definition) is 3. The number of benzene rings is 2. The van der Waals surface area contributed by atoms with Gasteiger partial charge in [-0.15, -0.1) is 0 Å². The number of carbonyl (C=O) groups excluding carboxylic acids is 1. The normalized spacial score (nSPS) is 10.8. The van der Waals surface area contributed by atoms with Crippen LogP contribution in [0.2, 0.25) is 10.0 Å². The molecule has 6 heteroatoms. The van der Waals surface area contributed by atoms with Gasteiger partial charge in [-0.1, -0.05) is 49.2 Å². The zero-order valence-electron chi connectivity index (χ0n) is 13.8. The van der Waals surface area contributed by atoms with Crippen LogP contribution in [0.1, 0.15) is 30.9 Å². The first-order chi connectivity index (χ1) is 11.3. The summed E-state index contributed by atoms with van der Waals surface area (Å²) in [5.41, 5.74) is 8.55. The van der Waals surface area contributed by atoms with Crippen LogP contribution in [0.5, 0.6) is 5.75 Å². The number of anilines is 2. The fourth-order valence-corrected chi connectivity index (χ4v) is 2.61. The molecule has 0 saturated carbocycles. The first-order valence-electron chi connectivity index (χ1n) is 7.55. The maximum absolute atomic E-state index is 12.1. The van der Waals surface area contributed by atoms with Crippen molar-refractivity contribution in [3.05, 3.63) is 51.5 Å². The summed E-state index contributed by atoms with van der Waals surface area (Å²) in [6, 6.07) is 8.99. The molecule has 24 heavy (non-hydrogen) atoms. The molecule has 0 spiro atoms. The van der Waals surface area contributed by atoms with Crippen LogP contribution in [0.15, 0.2) is 30.3 Å². The predicted molar refractivity (Wildman–Crippen MR) is 100 cm³/mol. The molecule has 2 rings (SSSR count). The number of carbonyl (C=O) groups is 1. The molecule has 1 amide bonds. The van der Waals surface area contributed by atoms with Crippen molar-refractivity contribution in [1.82, 2.24) is 0 Å². The van der Waals surface area contributed by atoms with Crippen molar-refractivity contribution in [2.45, 2.75) is 26.7 Å². The molecule has 128 valence electrons. The third-order valence-corrected chi connectivity index (χ3v) is 4.15. The average Bonchev–Trinajstić information content (AvgIpc) is 2.50. The van der Waals surface area contributed by atoms with E-state index in [9.17, 15) is 4.79 Å². The fraction of sp³-hybridized carbons (Fsp3) is 0.278. The minimum atomic E-state index is -0.325. The van der Waals surface area contributed by atoms with Crippen LogP contribution in [-0.4, -0.2) is 12.5 Å². The Hall–Kier alpha value is -1.91. The van der Waals surface area contributed by atoms with Gasteiger partial charge in [0.15, 0.2) is 6.61 Å². The molecule has 0 radical (unpaired) electrons. The van der Waals surface area contributed by atoms with Crippen molar-refractivity contribution in [2.75, 3.05) is 17.7 Å². The summed E-state index contributed by atoms with van der Waals surface area (Å²) in [5.74, 6) is 0.685. The van der Waals surface area contributed by atoms with Crippen LogP contribution >= 0.6 is 23.2 Å². The molecule has 0 bridgehead atoms. The summed E-state index contributed by atoms with van der Waals surface area (Å²) in [7, 11) is 0. The minimum absolute atomic E-state index is 0.124. The highest BCUT2D eigenvalue weighted by Gasteiger charge is 2.12. The summed E-state index contributed by atoms with van der Waals surface area (Å²) >= 11 is 12.0. The molecule has 0 unspecified atom stereocenters. The van der Waals surface area contributed by atoms with Crippen molar-refractivity contribution in [2.24, 2.45) is 0 Å². The van der Waals surface area contributed by atoms with Gasteiger partial charge in [0.05, 0.1) is 21.4 Å². The van der Waals surface area contributed by atoms with Crippen molar-refractivity contribution >= 4 is 40.5 Å². The van der Waals surface area contributed by atoms with Gasteiger partial charge in [0.1, 0.15) is 5.75 Å². The zero-order valence-corrected chi connectivity index (χ0v) is 15.3. The summed E-state index contributed by atoms with van der Waals surface area (Å²) in [6.07, 6.45) is 0. The van der Waals surface area contributed by atoms with Crippen LogP contribution in [-0.2, 0) is 4.79 Å². The van der Waals surface area contributed by atoms with E-state index in [1.165, 1.54) is 12.1 Å². The molecule has 2 aromatic carbocycles. The van der Waals surface area contributed by atoms with Gasteiger partial charge in [-0.25, -0.2) is 0 Å². The Morgan fingerprint density at radius 2 is 1.92 bits per heavy atom. The van der Waals surface area contributed by atoms with Crippen LogP contribution in [0.3, 0.4) is 0 Å². The second kappa shape index (κ2) is 7.77. The maximum atomic E-state index is 12.1. The minimum Gasteiger partial charge on any atom is -0.483 e. The highest BCUT2D eigenvalue weighted by molar-refractivity contribution is 6.37. The fourth-order valence-electron chi connectivity index (χ4n) is 2.23. The first kappa shape index (κ1) is 18.4. The number of aryl methyl sites for hydroxylation is 1. The van der Waals surface area contributed by atoms with Gasteiger partial charge in [0.25, 0.3) is 5.91 Å². The molecule has 0 saturated heterocycles.